The quantitative estimate of drug-likeness (QED) is 0.673. The zero-order valence-corrected chi connectivity index (χ0v) is 10.1. The summed E-state index contributed by atoms with van der Waals surface area (Å²) in [5.74, 6) is 6.04. The predicted octanol–water partition coefficient (Wildman–Crippen LogP) is 2.46. The largest absolute Gasteiger partial charge is 0.439 e. The van der Waals surface area contributed by atoms with Gasteiger partial charge >= 0.3 is 0 Å². The van der Waals surface area contributed by atoms with E-state index in [2.05, 4.69) is 31.3 Å². The summed E-state index contributed by atoms with van der Waals surface area (Å²) in [7, 11) is 0. The lowest BCUT2D eigenvalue weighted by Crippen LogP contribution is -2.08. The predicted molar refractivity (Wildman–Crippen MR) is 64.0 cm³/mol. The van der Waals surface area contributed by atoms with E-state index in [1.807, 2.05) is 0 Å². The molecule has 88 valence electrons. The van der Waals surface area contributed by atoms with E-state index in [4.69, 9.17) is 10.6 Å². The number of benzene rings is 1. The van der Waals surface area contributed by atoms with Gasteiger partial charge in [0, 0.05) is 6.07 Å². The van der Waals surface area contributed by atoms with E-state index in [-0.39, 0.29) is 5.82 Å². The SMILES string of the molecule is NNc1cc(Oc2ccc(F)c(Br)c2)ncn1. The topological polar surface area (TPSA) is 73.1 Å². The van der Waals surface area contributed by atoms with Crippen LogP contribution in [-0.4, -0.2) is 9.97 Å². The number of nitrogens with two attached hydrogens (primary N) is 1. The molecule has 1 heterocycles. The molecule has 1 aromatic carbocycles. The summed E-state index contributed by atoms with van der Waals surface area (Å²) >= 11 is 3.07. The first-order valence-electron chi connectivity index (χ1n) is 4.60. The van der Waals surface area contributed by atoms with Gasteiger partial charge in [-0.05, 0) is 34.1 Å². The molecule has 0 aliphatic heterocycles. The van der Waals surface area contributed by atoms with Crippen LogP contribution in [0.4, 0.5) is 10.2 Å². The summed E-state index contributed by atoms with van der Waals surface area (Å²) in [6.07, 6.45) is 1.31. The second-order valence-electron chi connectivity index (χ2n) is 3.06. The fraction of sp³-hybridized carbons (Fsp3) is 0. The lowest BCUT2D eigenvalue weighted by molar-refractivity contribution is 0.459. The van der Waals surface area contributed by atoms with Gasteiger partial charge in [0.1, 0.15) is 23.7 Å². The van der Waals surface area contributed by atoms with Gasteiger partial charge in [0.05, 0.1) is 4.47 Å². The maximum absolute atomic E-state index is 13.0. The standard InChI is InChI=1S/C10H8BrFN4O/c11-7-3-6(1-2-8(7)12)17-10-4-9(16-13)14-5-15-10/h1-5H,13H2,(H,14,15,16). The molecule has 0 amide bonds. The third-order valence-corrected chi connectivity index (χ3v) is 2.51. The number of nitrogens with zero attached hydrogens (tertiary/aromatic N) is 2. The van der Waals surface area contributed by atoms with Crippen LogP contribution in [0.3, 0.4) is 0 Å². The number of anilines is 1. The average Bonchev–Trinajstić information content (AvgIpc) is 2.34. The smallest absolute Gasteiger partial charge is 0.224 e. The van der Waals surface area contributed by atoms with Crippen LogP contribution in [0, 0.1) is 5.82 Å². The van der Waals surface area contributed by atoms with Gasteiger partial charge in [-0.1, -0.05) is 0 Å². The summed E-state index contributed by atoms with van der Waals surface area (Å²) in [5, 5.41) is 0. The Labute approximate surface area is 105 Å². The van der Waals surface area contributed by atoms with E-state index in [0.717, 1.165) is 0 Å². The molecule has 5 nitrogen and oxygen atoms in total. The minimum Gasteiger partial charge on any atom is -0.439 e. The first-order chi connectivity index (χ1) is 8.19. The van der Waals surface area contributed by atoms with Gasteiger partial charge < -0.3 is 10.2 Å². The number of ether oxygens (including phenoxy) is 1. The van der Waals surface area contributed by atoms with Crippen LogP contribution in [0.2, 0.25) is 0 Å². The zero-order valence-electron chi connectivity index (χ0n) is 8.52. The minimum atomic E-state index is -0.357. The summed E-state index contributed by atoms with van der Waals surface area (Å²) in [6, 6.07) is 5.82. The van der Waals surface area contributed by atoms with Gasteiger partial charge in [-0.25, -0.2) is 20.2 Å². The normalized spacial score (nSPS) is 10.1. The van der Waals surface area contributed by atoms with Crippen LogP contribution in [0.5, 0.6) is 11.6 Å². The van der Waals surface area contributed by atoms with Crippen LogP contribution in [-0.2, 0) is 0 Å². The number of nitrogens with one attached hydrogen (secondary N) is 1. The van der Waals surface area contributed by atoms with Gasteiger partial charge in [0.25, 0.3) is 0 Å². The molecule has 0 unspecified atom stereocenters. The molecular weight excluding hydrogens is 291 g/mol. The van der Waals surface area contributed by atoms with Crippen molar-refractivity contribution in [1.82, 2.24) is 9.97 Å². The molecule has 0 fully saturated rings. The van der Waals surface area contributed by atoms with E-state index in [1.165, 1.54) is 30.6 Å². The van der Waals surface area contributed by atoms with Crippen LogP contribution >= 0.6 is 15.9 Å². The highest BCUT2D eigenvalue weighted by Gasteiger charge is 2.04. The first kappa shape index (κ1) is 11.7. The number of hydrazine groups is 1. The Morgan fingerprint density at radius 2 is 2.12 bits per heavy atom. The molecule has 7 heteroatoms. The summed E-state index contributed by atoms with van der Waals surface area (Å²) in [6.45, 7) is 0. The molecule has 2 aromatic rings. The fourth-order valence-electron chi connectivity index (χ4n) is 1.14. The van der Waals surface area contributed by atoms with Crippen molar-refractivity contribution in [2.75, 3.05) is 5.43 Å². The highest BCUT2D eigenvalue weighted by atomic mass is 79.9. The molecule has 1 aromatic heterocycles. The highest BCUT2D eigenvalue weighted by molar-refractivity contribution is 9.10. The van der Waals surface area contributed by atoms with Gasteiger partial charge in [-0.15, -0.1) is 0 Å². The Morgan fingerprint density at radius 1 is 1.29 bits per heavy atom. The number of hydrogen-bond acceptors (Lipinski definition) is 5. The number of rotatable bonds is 3. The lowest BCUT2D eigenvalue weighted by Gasteiger charge is -2.06. The van der Waals surface area contributed by atoms with E-state index in [1.54, 1.807) is 0 Å². The zero-order chi connectivity index (χ0) is 12.3. The van der Waals surface area contributed by atoms with E-state index in [9.17, 15) is 4.39 Å². The van der Waals surface area contributed by atoms with Crippen LogP contribution in [0.25, 0.3) is 0 Å². The average molecular weight is 299 g/mol. The molecule has 0 spiro atoms. The van der Waals surface area contributed by atoms with E-state index < -0.39 is 0 Å². The molecule has 0 saturated carbocycles. The monoisotopic (exact) mass is 298 g/mol. The molecule has 3 N–H and O–H groups in total. The van der Waals surface area contributed by atoms with Crippen molar-refractivity contribution in [2.24, 2.45) is 5.84 Å². The Hall–Kier alpha value is -1.73. The van der Waals surface area contributed by atoms with E-state index >= 15 is 0 Å². The minimum absolute atomic E-state index is 0.312. The third kappa shape index (κ3) is 2.89. The Bertz CT molecular complexity index is 537. The van der Waals surface area contributed by atoms with Gasteiger partial charge in [0.15, 0.2) is 0 Å². The molecule has 0 aliphatic carbocycles. The van der Waals surface area contributed by atoms with Crippen LogP contribution in [0.1, 0.15) is 0 Å². The fourth-order valence-corrected chi connectivity index (χ4v) is 1.49. The number of nitrogen functional groups attached to an aromatic ring is 1. The second-order valence-corrected chi connectivity index (χ2v) is 3.92. The highest BCUT2D eigenvalue weighted by Crippen LogP contribution is 2.25. The number of hydrogen-bond donors (Lipinski definition) is 2. The molecular formula is C10H8BrFN4O. The molecule has 0 aliphatic rings. The number of aromatic nitrogens is 2. The Kier molecular flexibility index (Phi) is 3.50. The molecule has 0 bridgehead atoms. The van der Waals surface area contributed by atoms with Gasteiger partial charge in [0.2, 0.25) is 5.88 Å². The van der Waals surface area contributed by atoms with Gasteiger partial charge in [-0.3, -0.25) is 0 Å². The molecule has 0 atom stereocenters. The molecule has 17 heavy (non-hydrogen) atoms. The molecule has 2 rings (SSSR count). The summed E-state index contributed by atoms with van der Waals surface area (Å²) in [5.41, 5.74) is 2.37. The van der Waals surface area contributed by atoms with Crippen molar-refractivity contribution in [3.63, 3.8) is 0 Å². The maximum Gasteiger partial charge on any atom is 0.224 e. The van der Waals surface area contributed by atoms with Crippen molar-refractivity contribution in [2.45, 2.75) is 0 Å². The van der Waals surface area contributed by atoms with E-state index in [0.29, 0.717) is 21.9 Å². The first-order valence-corrected chi connectivity index (χ1v) is 5.40. The Balaban J connectivity index is 2.22. The summed E-state index contributed by atoms with van der Waals surface area (Å²) in [4.78, 5) is 7.73. The van der Waals surface area contributed by atoms with Crippen LogP contribution in [0.15, 0.2) is 35.1 Å². The van der Waals surface area contributed by atoms with Gasteiger partial charge in [-0.2, -0.15) is 0 Å². The molecule has 0 saturated heterocycles. The second kappa shape index (κ2) is 5.07. The maximum atomic E-state index is 13.0. The summed E-state index contributed by atoms with van der Waals surface area (Å²) < 4.78 is 18.7. The third-order valence-electron chi connectivity index (χ3n) is 1.90. The van der Waals surface area contributed by atoms with Crippen molar-refractivity contribution in [3.05, 3.63) is 40.9 Å². The van der Waals surface area contributed by atoms with Crippen LogP contribution < -0.4 is 16.0 Å². The van der Waals surface area contributed by atoms with Crippen molar-refractivity contribution < 1.29 is 9.13 Å². The lowest BCUT2D eigenvalue weighted by atomic mass is 10.3. The van der Waals surface area contributed by atoms with Crippen molar-refractivity contribution >= 4 is 21.7 Å². The Morgan fingerprint density at radius 3 is 2.82 bits per heavy atom. The van der Waals surface area contributed by atoms with Crippen molar-refractivity contribution in [3.8, 4) is 11.6 Å². The molecule has 0 radical (unpaired) electrons. The van der Waals surface area contributed by atoms with Crippen molar-refractivity contribution in [1.29, 1.82) is 0 Å². The number of halogens is 2.